The third-order valence-electron chi connectivity index (χ3n) is 6.88. The Morgan fingerprint density at radius 2 is 1.71 bits per heavy atom. The van der Waals surface area contributed by atoms with Crippen molar-refractivity contribution in [3.8, 4) is 0 Å². The molecule has 8 heteroatoms. The number of nitrogens with two attached hydrogens (primary N) is 1. The van der Waals surface area contributed by atoms with Crippen LogP contribution in [0.5, 0.6) is 0 Å². The van der Waals surface area contributed by atoms with Gasteiger partial charge < -0.3 is 11.1 Å². The van der Waals surface area contributed by atoms with Gasteiger partial charge in [-0.25, -0.2) is 0 Å². The van der Waals surface area contributed by atoms with Crippen LogP contribution in [0.15, 0.2) is 82.1 Å². The molecule has 0 saturated heterocycles. The van der Waals surface area contributed by atoms with Gasteiger partial charge in [-0.15, -0.1) is 4.40 Å². The van der Waals surface area contributed by atoms with Gasteiger partial charge in [0.2, 0.25) is 0 Å². The highest BCUT2D eigenvalue weighted by molar-refractivity contribution is 7.90. The van der Waals surface area contributed by atoms with Crippen LogP contribution in [0.25, 0.3) is 0 Å². The summed E-state index contributed by atoms with van der Waals surface area (Å²) in [6, 6.07) is 21.5. The zero-order valence-electron chi connectivity index (χ0n) is 19.2. The molecular weight excluding hydrogens is 462 g/mol. The quantitative estimate of drug-likeness (QED) is 0.412. The molecule has 0 fully saturated rings. The van der Waals surface area contributed by atoms with E-state index in [1.807, 2.05) is 49.4 Å². The first-order valence-electron chi connectivity index (χ1n) is 11.4. The van der Waals surface area contributed by atoms with Crippen molar-refractivity contribution in [3.63, 3.8) is 0 Å². The van der Waals surface area contributed by atoms with Crippen molar-refractivity contribution in [2.75, 3.05) is 11.1 Å². The normalized spacial score (nSPS) is 22.5. The number of sulfonamides is 1. The van der Waals surface area contributed by atoms with Crippen LogP contribution in [0.1, 0.15) is 41.3 Å². The van der Waals surface area contributed by atoms with Crippen LogP contribution < -0.4 is 11.1 Å². The van der Waals surface area contributed by atoms with Crippen LogP contribution in [0.2, 0.25) is 0 Å². The maximum Gasteiger partial charge on any atom is 0.286 e. The molecule has 3 N–H and O–H groups in total. The van der Waals surface area contributed by atoms with E-state index in [2.05, 4.69) is 9.71 Å². The molecule has 0 spiro atoms. The lowest BCUT2D eigenvalue weighted by molar-refractivity contribution is -0.125. The number of nitrogen functional groups attached to an aromatic ring is 1. The minimum atomic E-state index is -4.14. The summed E-state index contributed by atoms with van der Waals surface area (Å²) in [6.45, 7) is 1.84. The van der Waals surface area contributed by atoms with Gasteiger partial charge in [-0.1, -0.05) is 54.6 Å². The highest BCUT2D eigenvalue weighted by Crippen LogP contribution is 2.42. The molecule has 0 amide bonds. The van der Waals surface area contributed by atoms with E-state index in [9.17, 15) is 18.0 Å². The highest BCUT2D eigenvalue weighted by Gasteiger charge is 2.51. The van der Waals surface area contributed by atoms with Crippen molar-refractivity contribution in [3.05, 3.63) is 89.5 Å². The molecule has 3 aromatic rings. The number of carbonyl (C=O) groups excluding carboxylic acids is 2. The Morgan fingerprint density at radius 1 is 1.00 bits per heavy atom. The van der Waals surface area contributed by atoms with Crippen molar-refractivity contribution < 1.29 is 18.0 Å². The number of fused-ring (bicyclic) bond motifs is 2. The lowest BCUT2D eigenvalue weighted by Gasteiger charge is -2.38. The summed E-state index contributed by atoms with van der Waals surface area (Å²) in [5.41, 5.74) is 7.56. The number of hydrogen-bond donors (Lipinski definition) is 2. The number of nitrogens with one attached hydrogen (secondary N) is 1. The number of aryl methyl sites for hydroxylation is 1. The van der Waals surface area contributed by atoms with Gasteiger partial charge in [-0.2, -0.15) is 8.42 Å². The summed E-state index contributed by atoms with van der Waals surface area (Å²) in [5, 5.41) is 2.93. The van der Waals surface area contributed by atoms with Crippen LogP contribution in [0, 0.1) is 5.92 Å². The standard InChI is InChI=1S/C27H25N3O4S/c1-27(15-7-10-17-8-3-2-4-9-17)20-12-6-5-11-19(20)24(31)23(25(27)32)26-29-21-14-13-18(28)16-22(21)35(33,34)30-26/h2-6,8-9,11-14,16,23H,7,10,15,28H2,1H3,(H,29,30). The maximum atomic E-state index is 14.0. The second-order valence-corrected chi connectivity index (χ2v) is 10.8. The fraction of sp³-hybridized carbons (Fsp3) is 0.222. The van der Waals surface area contributed by atoms with E-state index < -0.39 is 27.1 Å². The van der Waals surface area contributed by atoms with Gasteiger partial charge in [0, 0.05) is 11.3 Å². The SMILES string of the molecule is CC1(CCCc2ccccc2)C(=O)C(C2=NS(=O)(=O)c3cc(N)ccc3N2)C(=O)c2ccccc21. The average Bonchev–Trinajstić information content (AvgIpc) is 2.84. The Hall–Kier alpha value is -3.78. The first kappa shape index (κ1) is 23.0. The van der Waals surface area contributed by atoms with Gasteiger partial charge in [-0.05, 0) is 55.5 Å². The van der Waals surface area contributed by atoms with Crippen molar-refractivity contribution in [2.24, 2.45) is 10.3 Å². The second-order valence-electron chi connectivity index (χ2n) is 9.21. The molecule has 1 aliphatic heterocycles. The lowest BCUT2D eigenvalue weighted by Crippen LogP contribution is -2.51. The van der Waals surface area contributed by atoms with E-state index in [-0.39, 0.29) is 27.9 Å². The predicted molar refractivity (Wildman–Crippen MR) is 135 cm³/mol. The molecule has 3 aromatic carbocycles. The number of ketones is 2. The molecule has 7 nitrogen and oxygen atoms in total. The molecule has 0 aromatic heterocycles. The molecule has 1 heterocycles. The van der Waals surface area contributed by atoms with Gasteiger partial charge in [0.1, 0.15) is 16.6 Å². The summed E-state index contributed by atoms with van der Waals surface area (Å²) in [4.78, 5) is 27.4. The largest absolute Gasteiger partial charge is 0.399 e. The Balaban J connectivity index is 1.53. The van der Waals surface area contributed by atoms with Crippen LogP contribution >= 0.6 is 0 Å². The van der Waals surface area contributed by atoms with Gasteiger partial charge in [0.05, 0.1) is 11.1 Å². The molecule has 0 saturated carbocycles. The first-order chi connectivity index (χ1) is 16.7. The van der Waals surface area contributed by atoms with Crippen molar-refractivity contribution in [1.82, 2.24) is 0 Å². The Bertz CT molecular complexity index is 1480. The van der Waals surface area contributed by atoms with E-state index >= 15 is 0 Å². The highest BCUT2D eigenvalue weighted by atomic mass is 32.2. The second kappa shape index (κ2) is 8.46. The monoisotopic (exact) mass is 487 g/mol. The minimum Gasteiger partial charge on any atom is -0.399 e. The van der Waals surface area contributed by atoms with E-state index in [0.717, 1.165) is 12.8 Å². The summed E-state index contributed by atoms with van der Waals surface area (Å²) in [7, 11) is -4.14. The fourth-order valence-corrected chi connectivity index (χ4v) is 6.21. The third kappa shape index (κ3) is 3.93. The minimum absolute atomic E-state index is 0.0806. The van der Waals surface area contributed by atoms with Crippen LogP contribution in [-0.2, 0) is 26.7 Å². The molecule has 5 rings (SSSR count). The molecule has 0 bridgehead atoms. The summed E-state index contributed by atoms with van der Waals surface area (Å²) >= 11 is 0. The molecule has 35 heavy (non-hydrogen) atoms. The number of rotatable bonds is 5. The number of carbonyl (C=O) groups is 2. The number of nitrogens with zero attached hydrogens (tertiary/aromatic N) is 1. The zero-order valence-corrected chi connectivity index (χ0v) is 20.0. The van der Waals surface area contributed by atoms with Crippen LogP contribution in [0.3, 0.4) is 0 Å². The van der Waals surface area contributed by atoms with Crippen LogP contribution in [0.4, 0.5) is 11.4 Å². The van der Waals surface area contributed by atoms with E-state index in [0.29, 0.717) is 17.5 Å². The van der Waals surface area contributed by atoms with Crippen molar-refractivity contribution in [1.29, 1.82) is 0 Å². The van der Waals surface area contributed by atoms with E-state index in [1.54, 1.807) is 18.2 Å². The predicted octanol–water partition coefficient (Wildman–Crippen LogP) is 4.14. The Morgan fingerprint density at radius 3 is 2.49 bits per heavy atom. The Labute approximate surface area is 204 Å². The van der Waals surface area contributed by atoms with E-state index in [1.165, 1.54) is 17.7 Å². The molecule has 2 aliphatic rings. The fourth-order valence-electron chi connectivity index (χ4n) is 5.02. The molecule has 1 aliphatic carbocycles. The van der Waals surface area contributed by atoms with Gasteiger partial charge >= 0.3 is 0 Å². The van der Waals surface area contributed by atoms with Gasteiger partial charge in [0.25, 0.3) is 10.0 Å². The van der Waals surface area contributed by atoms with Crippen LogP contribution in [-0.4, -0.2) is 25.8 Å². The van der Waals surface area contributed by atoms with Crippen molar-refractivity contribution in [2.45, 2.75) is 36.5 Å². The summed E-state index contributed by atoms with van der Waals surface area (Å²) < 4.78 is 29.7. The molecule has 2 unspecified atom stereocenters. The van der Waals surface area contributed by atoms with Crippen molar-refractivity contribution >= 4 is 38.8 Å². The number of benzene rings is 3. The average molecular weight is 488 g/mol. The maximum absolute atomic E-state index is 14.0. The number of Topliss-reactive ketones (excluding diaryl/α,β-unsaturated/α-hetero) is 2. The smallest absolute Gasteiger partial charge is 0.286 e. The molecule has 178 valence electrons. The van der Waals surface area contributed by atoms with E-state index in [4.69, 9.17) is 5.73 Å². The topological polar surface area (TPSA) is 119 Å². The Kier molecular flexibility index (Phi) is 5.56. The molecule has 0 radical (unpaired) electrons. The number of anilines is 2. The van der Waals surface area contributed by atoms with Gasteiger partial charge in [0.15, 0.2) is 11.6 Å². The summed E-state index contributed by atoms with van der Waals surface area (Å²) in [6.07, 6.45) is 2.02. The first-order valence-corrected chi connectivity index (χ1v) is 12.9. The molecule has 2 atom stereocenters. The zero-order chi connectivity index (χ0) is 24.8. The number of amidine groups is 1. The summed E-state index contributed by atoms with van der Waals surface area (Å²) in [5.74, 6) is -2.31. The number of hydrogen-bond acceptors (Lipinski definition) is 6. The third-order valence-corrected chi connectivity index (χ3v) is 8.21. The molecular formula is C27H25N3O4S. The lowest BCUT2D eigenvalue weighted by atomic mass is 9.63. The van der Waals surface area contributed by atoms with Gasteiger partial charge in [-0.3, -0.25) is 9.59 Å².